The average Bonchev–Trinajstić information content (AvgIpc) is 3.26. The molecule has 32 heavy (non-hydrogen) atoms. The van der Waals surface area contributed by atoms with Crippen molar-refractivity contribution in [3.05, 3.63) is 101 Å². The van der Waals surface area contributed by atoms with E-state index in [0.29, 0.717) is 18.4 Å². The zero-order valence-electron chi connectivity index (χ0n) is 16.5. The molecule has 2 amide bonds. The highest BCUT2D eigenvalue weighted by atomic mass is 19.1. The van der Waals surface area contributed by atoms with Gasteiger partial charge >= 0.3 is 0 Å². The Balaban J connectivity index is 1.34. The van der Waals surface area contributed by atoms with Crippen LogP contribution in [0.5, 0.6) is 0 Å². The fourth-order valence-electron chi connectivity index (χ4n) is 2.88. The minimum absolute atomic E-state index is 0.256. The van der Waals surface area contributed by atoms with E-state index in [2.05, 4.69) is 26.3 Å². The lowest BCUT2D eigenvalue weighted by Gasteiger charge is -2.08. The molecule has 2 N–H and O–H groups in total. The Morgan fingerprint density at radius 1 is 0.812 bits per heavy atom. The summed E-state index contributed by atoms with van der Waals surface area (Å²) < 4.78 is 26.4. The van der Waals surface area contributed by atoms with E-state index >= 15 is 0 Å². The number of carbonyl (C=O) groups is 2. The maximum Gasteiger partial charge on any atom is 0.269 e. The van der Waals surface area contributed by atoms with Crippen molar-refractivity contribution in [2.24, 2.45) is 0 Å². The molecule has 0 atom stereocenters. The molecule has 0 radical (unpaired) electrons. The van der Waals surface area contributed by atoms with Crippen LogP contribution in [0.1, 0.15) is 26.3 Å². The van der Waals surface area contributed by atoms with Crippen LogP contribution in [0.2, 0.25) is 0 Å². The van der Waals surface area contributed by atoms with Gasteiger partial charge in [0.2, 0.25) is 5.82 Å². The number of aromatic nitrogens is 4. The number of tetrazole rings is 1. The topological polar surface area (TPSA) is 102 Å². The van der Waals surface area contributed by atoms with Crippen LogP contribution < -0.4 is 10.9 Å². The predicted molar refractivity (Wildman–Crippen MR) is 110 cm³/mol. The number of rotatable bonds is 5. The summed E-state index contributed by atoms with van der Waals surface area (Å²) in [4.78, 5) is 25.6. The van der Waals surface area contributed by atoms with Gasteiger partial charge in [0.1, 0.15) is 11.6 Å². The first-order chi connectivity index (χ1) is 15.5. The van der Waals surface area contributed by atoms with E-state index in [1.807, 2.05) is 30.3 Å². The van der Waals surface area contributed by atoms with Gasteiger partial charge in [0.25, 0.3) is 11.8 Å². The van der Waals surface area contributed by atoms with Gasteiger partial charge in [0, 0.05) is 22.8 Å². The Kier molecular flexibility index (Phi) is 5.93. The number of hydrogen-bond acceptors (Lipinski definition) is 5. The zero-order valence-corrected chi connectivity index (χ0v) is 16.5. The Labute approximate surface area is 180 Å². The lowest BCUT2D eigenvalue weighted by atomic mass is 10.1. The Morgan fingerprint density at radius 2 is 1.44 bits per heavy atom. The van der Waals surface area contributed by atoms with Gasteiger partial charge in [0.05, 0.1) is 6.54 Å². The number of nitrogens with one attached hydrogen (secondary N) is 2. The maximum absolute atomic E-state index is 13.2. The van der Waals surface area contributed by atoms with Gasteiger partial charge in [-0.25, -0.2) is 8.78 Å². The quantitative estimate of drug-likeness (QED) is 0.471. The zero-order chi connectivity index (χ0) is 22.5. The number of benzene rings is 3. The van der Waals surface area contributed by atoms with Gasteiger partial charge in [-0.1, -0.05) is 42.5 Å². The third-order valence-corrected chi connectivity index (χ3v) is 4.44. The molecule has 0 bridgehead atoms. The van der Waals surface area contributed by atoms with E-state index in [0.717, 1.165) is 23.3 Å². The number of hydrogen-bond donors (Lipinski definition) is 2. The monoisotopic (exact) mass is 434 g/mol. The summed E-state index contributed by atoms with van der Waals surface area (Å²) in [5, 5.41) is 12.4. The van der Waals surface area contributed by atoms with Crippen LogP contribution >= 0.6 is 0 Å². The average molecular weight is 434 g/mol. The van der Waals surface area contributed by atoms with E-state index in [4.69, 9.17) is 0 Å². The second-order valence-corrected chi connectivity index (χ2v) is 6.77. The molecule has 0 saturated carbocycles. The minimum Gasteiger partial charge on any atom is -0.267 e. The molecule has 1 heterocycles. The van der Waals surface area contributed by atoms with Gasteiger partial charge in [0.15, 0.2) is 0 Å². The van der Waals surface area contributed by atoms with Crippen molar-refractivity contribution >= 4 is 11.8 Å². The molecule has 0 aliphatic rings. The fraction of sp³-hybridized carbons (Fsp3) is 0.0455. The Bertz CT molecular complexity index is 1240. The predicted octanol–water partition coefficient (Wildman–Crippen LogP) is 2.74. The molecule has 0 fully saturated rings. The van der Waals surface area contributed by atoms with Gasteiger partial charge in [-0.2, -0.15) is 4.80 Å². The van der Waals surface area contributed by atoms with Crippen molar-refractivity contribution in [1.29, 1.82) is 0 Å². The molecule has 160 valence electrons. The van der Waals surface area contributed by atoms with Gasteiger partial charge in [-0.15, -0.1) is 10.2 Å². The molecule has 1 aromatic heterocycles. The fourth-order valence-corrected chi connectivity index (χ4v) is 2.88. The van der Waals surface area contributed by atoms with Crippen LogP contribution in [-0.2, 0) is 6.54 Å². The molecule has 4 rings (SSSR count). The Hall–Kier alpha value is -4.47. The minimum atomic E-state index is -0.894. The lowest BCUT2D eigenvalue weighted by Crippen LogP contribution is -2.41. The van der Waals surface area contributed by atoms with Crippen molar-refractivity contribution < 1.29 is 18.4 Å². The maximum atomic E-state index is 13.2. The van der Waals surface area contributed by atoms with Crippen molar-refractivity contribution in [3.63, 3.8) is 0 Å². The normalized spacial score (nSPS) is 10.6. The third-order valence-electron chi connectivity index (χ3n) is 4.44. The first kappa shape index (κ1) is 20.8. The van der Waals surface area contributed by atoms with Crippen molar-refractivity contribution in [3.8, 4) is 11.4 Å². The summed E-state index contributed by atoms with van der Waals surface area (Å²) in [7, 11) is 0. The molecule has 3 aromatic carbocycles. The van der Waals surface area contributed by atoms with Crippen molar-refractivity contribution in [1.82, 2.24) is 31.1 Å². The highest BCUT2D eigenvalue weighted by Crippen LogP contribution is 2.13. The van der Waals surface area contributed by atoms with Crippen LogP contribution in [0.15, 0.2) is 72.8 Å². The van der Waals surface area contributed by atoms with E-state index < -0.39 is 23.4 Å². The number of amides is 2. The number of halogens is 2. The SMILES string of the molecule is O=C(NNC(=O)c1cc(F)cc(F)c1)c1ccc(Cn2nnc(-c3ccccc3)n2)cc1. The summed E-state index contributed by atoms with van der Waals surface area (Å²) in [5.41, 5.74) is 6.03. The largest absolute Gasteiger partial charge is 0.269 e. The van der Waals surface area contributed by atoms with Crippen molar-refractivity contribution in [2.45, 2.75) is 6.54 Å². The van der Waals surface area contributed by atoms with E-state index in [1.54, 1.807) is 24.3 Å². The molecule has 0 aliphatic carbocycles. The number of hydrazine groups is 1. The molecule has 4 aromatic rings. The standard InChI is InChI=1S/C22H16F2N6O2/c23-18-10-17(11-19(24)12-18)22(32)27-26-21(31)16-8-6-14(7-9-16)13-30-28-20(25-29-30)15-4-2-1-3-5-15/h1-12H,13H2,(H,26,31)(H,27,32). The first-order valence-corrected chi connectivity index (χ1v) is 9.47. The molecular weight excluding hydrogens is 418 g/mol. The molecule has 8 nitrogen and oxygen atoms in total. The molecule has 0 spiro atoms. The molecular formula is C22H16F2N6O2. The summed E-state index contributed by atoms with van der Waals surface area (Å²) in [5.74, 6) is -2.72. The molecule has 10 heteroatoms. The number of nitrogens with zero attached hydrogens (tertiary/aromatic N) is 4. The van der Waals surface area contributed by atoms with Gasteiger partial charge in [-0.3, -0.25) is 20.4 Å². The molecule has 0 saturated heterocycles. The Morgan fingerprint density at radius 3 is 2.09 bits per heavy atom. The third kappa shape index (κ3) is 4.98. The van der Waals surface area contributed by atoms with Crippen LogP contribution in [0.3, 0.4) is 0 Å². The molecule has 0 unspecified atom stereocenters. The summed E-state index contributed by atoms with van der Waals surface area (Å²) in [6.07, 6.45) is 0. The molecule has 0 aliphatic heterocycles. The van der Waals surface area contributed by atoms with Gasteiger partial charge < -0.3 is 0 Å². The summed E-state index contributed by atoms with van der Waals surface area (Å²) >= 11 is 0. The first-order valence-electron chi connectivity index (χ1n) is 9.47. The lowest BCUT2D eigenvalue weighted by molar-refractivity contribution is 0.0846. The summed E-state index contributed by atoms with van der Waals surface area (Å²) in [6.45, 7) is 0.351. The van der Waals surface area contributed by atoms with Crippen LogP contribution in [0.4, 0.5) is 8.78 Å². The smallest absolute Gasteiger partial charge is 0.267 e. The van der Waals surface area contributed by atoms with E-state index in [1.165, 1.54) is 4.80 Å². The number of carbonyl (C=O) groups excluding carboxylic acids is 2. The second kappa shape index (κ2) is 9.13. The van der Waals surface area contributed by atoms with Crippen LogP contribution in [0.25, 0.3) is 11.4 Å². The highest BCUT2D eigenvalue weighted by Gasteiger charge is 2.12. The van der Waals surface area contributed by atoms with Crippen LogP contribution in [0, 0.1) is 11.6 Å². The highest BCUT2D eigenvalue weighted by molar-refractivity contribution is 5.99. The van der Waals surface area contributed by atoms with Crippen LogP contribution in [-0.4, -0.2) is 32.0 Å². The summed E-state index contributed by atoms with van der Waals surface area (Å²) in [6, 6.07) is 18.4. The second-order valence-electron chi connectivity index (χ2n) is 6.77. The van der Waals surface area contributed by atoms with Gasteiger partial charge in [-0.05, 0) is 35.0 Å². The van der Waals surface area contributed by atoms with Crippen molar-refractivity contribution in [2.75, 3.05) is 0 Å². The van der Waals surface area contributed by atoms with E-state index in [-0.39, 0.29) is 11.1 Å². The van der Waals surface area contributed by atoms with E-state index in [9.17, 15) is 18.4 Å².